The molecule has 1 aromatic heterocycles. The van der Waals surface area contributed by atoms with Crippen LogP contribution in [0.25, 0.3) is 16.8 Å². The Kier molecular flexibility index (Phi) is 4.43. The van der Waals surface area contributed by atoms with Crippen molar-refractivity contribution in [3.8, 4) is 11.1 Å². The standard InChI is InChI=1S/C24H24N4/c1-18(19-10-12-25-13-11-19)26-28-16-14-27(15-17-28)24-22-8-4-2-6-20(22)21-7-3-5-9-23(21)24/h2-13,24,26H,1,14-17H2/p+1. The van der Waals surface area contributed by atoms with Crippen LogP contribution in [0.4, 0.5) is 0 Å². The largest absolute Gasteiger partial charge is 0.323 e. The van der Waals surface area contributed by atoms with Gasteiger partial charge in [-0.1, -0.05) is 55.1 Å². The van der Waals surface area contributed by atoms with Gasteiger partial charge in [-0.15, -0.1) is 0 Å². The Hall–Kier alpha value is -2.95. The third kappa shape index (κ3) is 3.01. The zero-order valence-corrected chi connectivity index (χ0v) is 15.9. The maximum absolute atomic E-state index is 4.19. The number of fused-ring (bicyclic) bond motifs is 3. The number of benzene rings is 2. The Balaban J connectivity index is 1.30. The first-order chi connectivity index (χ1) is 13.8. The number of quaternary nitrogens is 1. The molecule has 0 unspecified atom stereocenters. The van der Waals surface area contributed by atoms with E-state index in [4.69, 9.17) is 0 Å². The van der Waals surface area contributed by atoms with E-state index in [-0.39, 0.29) is 0 Å². The van der Waals surface area contributed by atoms with E-state index in [0.29, 0.717) is 6.04 Å². The van der Waals surface area contributed by atoms with Crippen molar-refractivity contribution in [3.63, 3.8) is 0 Å². The number of aromatic nitrogens is 1. The van der Waals surface area contributed by atoms with Crippen LogP contribution in [-0.2, 0) is 0 Å². The van der Waals surface area contributed by atoms with Crippen LogP contribution in [0.2, 0.25) is 0 Å². The molecule has 5 rings (SSSR count). The predicted octanol–water partition coefficient (Wildman–Crippen LogP) is 2.53. The Morgan fingerprint density at radius 3 is 2.07 bits per heavy atom. The molecule has 0 amide bonds. The molecule has 2 aromatic carbocycles. The number of hydrogen-bond acceptors (Lipinski definition) is 3. The van der Waals surface area contributed by atoms with Crippen molar-refractivity contribution in [2.24, 2.45) is 0 Å². The summed E-state index contributed by atoms with van der Waals surface area (Å²) in [7, 11) is 0. The van der Waals surface area contributed by atoms with Crippen LogP contribution in [0, 0.1) is 0 Å². The quantitative estimate of drug-likeness (QED) is 0.741. The lowest BCUT2D eigenvalue weighted by Crippen LogP contribution is -3.15. The third-order valence-corrected chi connectivity index (χ3v) is 5.97. The van der Waals surface area contributed by atoms with Gasteiger partial charge in [0.15, 0.2) is 0 Å². The lowest BCUT2D eigenvalue weighted by atomic mass is 10.0. The van der Waals surface area contributed by atoms with E-state index in [1.807, 2.05) is 12.1 Å². The molecule has 1 aliphatic carbocycles. The Labute approximate surface area is 166 Å². The second-order valence-electron chi connectivity index (χ2n) is 7.58. The summed E-state index contributed by atoms with van der Waals surface area (Å²) in [6, 6.07) is 22.2. The molecular formula is C24H25N4+. The van der Waals surface area contributed by atoms with E-state index in [1.165, 1.54) is 22.3 Å². The maximum Gasteiger partial charge on any atom is 0.140 e. The van der Waals surface area contributed by atoms with Gasteiger partial charge < -0.3 is 10.3 Å². The molecule has 4 nitrogen and oxygen atoms in total. The Bertz CT molecular complexity index is 945. The van der Waals surface area contributed by atoms with E-state index < -0.39 is 0 Å². The highest BCUT2D eigenvalue weighted by Gasteiger charge is 2.37. The van der Waals surface area contributed by atoms with E-state index in [9.17, 15) is 0 Å². The molecule has 0 spiro atoms. The molecule has 0 radical (unpaired) electrons. The van der Waals surface area contributed by atoms with Crippen LogP contribution in [0.5, 0.6) is 0 Å². The monoisotopic (exact) mass is 369 g/mol. The topological polar surface area (TPSA) is 32.6 Å². The summed E-state index contributed by atoms with van der Waals surface area (Å²) in [5, 5.41) is 2.29. The molecule has 0 atom stereocenters. The SMILES string of the molecule is C=C(NN1CC[NH+](C2c3ccccc3-c3ccccc32)CC1)c1ccncc1. The fourth-order valence-corrected chi connectivity index (χ4v) is 4.60. The highest BCUT2D eigenvalue weighted by atomic mass is 15.5. The van der Waals surface area contributed by atoms with Crippen LogP contribution in [0.3, 0.4) is 0 Å². The fraction of sp³-hybridized carbons (Fsp3) is 0.208. The van der Waals surface area contributed by atoms with Gasteiger partial charge in [0.05, 0.1) is 26.2 Å². The molecule has 2 N–H and O–H groups in total. The summed E-state index contributed by atoms with van der Waals surface area (Å²) in [5.41, 5.74) is 11.3. The molecule has 1 fully saturated rings. The Morgan fingerprint density at radius 2 is 1.46 bits per heavy atom. The zero-order chi connectivity index (χ0) is 18.9. The second kappa shape index (κ2) is 7.23. The smallest absolute Gasteiger partial charge is 0.140 e. The lowest BCUT2D eigenvalue weighted by molar-refractivity contribution is -0.929. The number of nitrogens with one attached hydrogen (secondary N) is 2. The average Bonchev–Trinajstić information content (AvgIpc) is 3.09. The van der Waals surface area contributed by atoms with Crippen LogP contribution in [0.1, 0.15) is 22.7 Å². The van der Waals surface area contributed by atoms with Gasteiger partial charge in [-0.25, -0.2) is 5.01 Å². The average molecular weight is 369 g/mol. The van der Waals surface area contributed by atoms with E-state index in [1.54, 1.807) is 17.3 Å². The molecule has 4 heteroatoms. The summed E-state index contributed by atoms with van der Waals surface area (Å²) in [6.07, 6.45) is 3.61. The van der Waals surface area contributed by atoms with Crippen LogP contribution in [-0.4, -0.2) is 36.2 Å². The number of piperazine rings is 1. The van der Waals surface area contributed by atoms with Gasteiger partial charge in [-0.2, -0.15) is 0 Å². The second-order valence-corrected chi connectivity index (χ2v) is 7.58. The number of rotatable bonds is 4. The first-order valence-electron chi connectivity index (χ1n) is 9.95. The van der Waals surface area contributed by atoms with E-state index >= 15 is 0 Å². The minimum atomic E-state index is 0.443. The molecular weight excluding hydrogens is 344 g/mol. The van der Waals surface area contributed by atoms with Crippen molar-refractivity contribution in [2.75, 3.05) is 26.2 Å². The van der Waals surface area contributed by atoms with Crippen LogP contribution in [0.15, 0.2) is 79.6 Å². The summed E-state index contributed by atoms with van der Waals surface area (Å²) in [6.45, 7) is 8.39. The van der Waals surface area contributed by atoms with Crippen molar-refractivity contribution in [1.29, 1.82) is 0 Å². The first kappa shape index (κ1) is 17.2. The Morgan fingerprint density at radius 1 is 0.893 bits per heavy atom. The van der Waals surface area contributed by atoms with Gasteiger partial charge in [-0.05, 0) is 23.3 Å². The summed E-state index contributed by atoms with van der Waals surface area (Å²) in [4.78, 5) is 5.72. The fourth-order valence-electron chi connectivity index (χ4n) is 4.60. The summed E-state index contributed by atoms with van der Waals surface area (Å²) >= 11 is 0. The minimum absolute atomic E-state index is 0.443. The molecule has 2 aliphatic rings. The number of nitrogens with zero attached hydrogens (tertiary/aromatic N) is 2. The van der Waals surface area contributed by atoms with Gasteiger partial charge in [0, 0.05) is 34.8 Å². The molecule has 0 saturated carbocycles. The molecule has 1 saturated heterocycles. The highest BCUT2D eigenvalue weighted by molar-refractivity contribution is 5.77. The molecule has 1 aliphatic heterocycles. The van der Waals surface area contributed by atoms with Crippen molar-refractivity contribution >= 4 is 5.70 Å². The maximum atomic E-state index is 4.19. The van der Waals surface area contributed by atoms with Crippen molar-refractivity contribution < 1.29 is 4.90 Å². The van der Waals surface area contributed by atoms with Crippen LogP contribution < -0.4 is 10.3 Å². The summed E-state index contributed by atoms with van der Waals surface area (Å²) in [5.74, 6) is 0. The zero-order valence-electron chi connectivity index (χ0n) is 15.9. The van der Waals surface area contributed by atoms with Crippen LogP contribution >= 0.6 is 0 Å². The predicted molar refractivity (Wildman–Crippen MR) is 112 cm³/mol. The van der Waals surface area contributed by atoms with Gasteiger partial charge in [-0.3, -0.25) is 4.98 Å². The van der Waals surface area contributed by atoms with Crippen molar-refractivity contribution in [1.82, 2.24) is 15.4 Å². The number of pyridine rings is 1. The normalized spacial score (nSPS) is 17.1. The van der Waals surface area contributed by atoms with E-state index in [2.05, 4.69) is 70.5 Å². The van der Waals surface area contributed by atoms with Crippen molar-refractivity contribution in [3.05, 3.63) is 96.3 Å². The molecule has 0 bridgehead atoms. The number of hydrazine groups is 1. The van der Waals surface area contributed by atoms with Crippen molar-refractivity contribution in [2.45, 2.75) is 6.04 Å². The first-order valence-corrected chi connectivity index (χ1v) is 9.95. The molecule has 2 heterocycles. The highest BCUT2D eigenvalue weighted by Crippen LogP contribution is 2.41. The molecule has 140 valence electrons. The molecule has 3 aromatic rings. The van der Waals surface area contributed by atoms with Gasteiger partial charge in [0.2, 0.25) is 0 Å². The molecule has 28 heavy (non-hydrogen) atoms. The van der Waals surface area contributed by atoms with Gasteiger partial charge in [0.25, 0.3) is 0 Å². The third-order valence-electron chi connectivity index (χ3n) is 5.97. The lowest BCUT2D eigenvalue weighted by Gasteiger charge is -2.36. The van der Waals surface area contributed by atoms with E-state index in [0.717, 1.165) is 37.4 Å². The minimum Gasteiger partial charge on any atom is -0.323 e. The summed E-state index contributed by atoms with van der Waals surface area (Å²) < 4.78 is 0. The van der Waals surface area contributed by atoms with Gasteiger partial charge >= 0.3 is 0 Å². The number of hydrogen-bond donors (Lipinski definition) is 2. The van der Waals surface area contributed by atoms with Gasteiger partial charge in [0.1, 0.15) is 6.04 Å².